The van der Waals surface area contributed by atoms with Gasteiger partial charge in [0.1, 0.15) is 48.8 Å². The molecule has 134 valence electrons. The second kappa shape index (κ2) is 6.87. The van der Waals surface area contributed by atoms with Crippen molar-refractivity contribution in [3.63, 3.8) is 0 Å². The molecule has 0 amide bonds. The highest BCUT2D eigenvalue weighted by Crippen LogP contribution is 2.34. The molecule has 0 radical (unpaired) electrons. The summed E-state index contributed by atoms with van der Waals surface area (Å²) in [4.78, 5) is 0. The molecule has 23 heavy (non-hydrogen) atoms. The summed E-state index contributed by atoms with van der Waals surface area (Å²) >= 11 is 0. The molecule has 0 aromatic carbocycles. The van der Waals surface area contributed by atoms with Gasteiger partial charge in [0.25, 0.3) is 0 Å². The van der Waals surface area contributed by atoms with Gasteiger partial charge in [-0.2, -0.15) is 0 Å². The molecular weight excluding hydrogens is 312 g/mol. The molecule has 0 aromatic heterocycles. The Labute approximate surface area is 133 Å². The molecule has 0 unspecified atom stereocenters. The first-order valence-electron chi connectivity index (χ1n) is 7.73. The van der Waals surface area contributed by atoms with E-state index in [0.29, 0.717) is 0 Å². The molecule has 9 heteroatoms. The van der Waals surface area contributed by atoms with E-state index in [-0.39, 0.29) is 18.8 Å². The maximum Gasteiger partial charge on any atom is 0.187 e. The minimum Gasteiger partial charge on any atom is -0.394 e. The van der Waals surface area contributed by atoms with Crippen LogP contribution in [0.2, 0.25) is 0 Å². The second-order valence-corrected chi connectivity index (χ2v) is 6.18. The number of hydrogen-bond acceptors (Lipinski definition) is 9. The van der Waals surface area contributed by atoms with Gasteiger partial charge in [-0.1, -0.05) is 0 Å². The van der Waals surface area contributed by atoms with E-state index in [2.05, 4.69) is 0 Å². The predicted molar refractivity (Wildman–Crippen MR) is 73.5 cm³/mol. The minimum absolute atomic E-state index is 0.277. The van der Waals surface area contributed by atoms with Crippen molar-refractivity contribution >= 4 is 0 Å². The normalized spacial score (nSPS) is 53.5. The van der Waals surface area contributed by atoms with Crippen molar-refractivity contribution in [3.05, 3.63) is 0 Å². The summed E-state index contributed by atoms with van der Waals surface area (Å²) in [7, 11) is 1.34. The van der Waals surface area contributed by atoms with Gasteiger partial charge in [0.05, 0.1) is 19.3 Å². The van der Waals surface area contributed by atoms with Crippen LogP contribution in [-0.2, 0) is 23.7 Å². The first kappa shape index (κ1) is 17.5. The van der Waals surface area contributed by atoms with Gasteiger partial charge in [0.15, 0.2) is 6.29 Å². The highest BCUT2D eigenvalue weighted by atomic mass is 16.7. The molecule has 3 saturated heterocycles. The van der Waals surface area contributed by atoms with E-state index in [0.717, 1.165) is 0 Å². The van der Waals surface area contributed by atoms with Crippen molar-refractivity contribution < 1.29 is 44.1 Å². The summed E-state index contributed by atoms with van der Waals surface area (Å²) in [5.74, 6) is 0. The van der Waals surface area contributed by atoms with E-state index >= 15 is 0 Å². The van der Waals surface area contributed by atoms with Gasteiger partial charge in [-0.15, -0.1) is 0 Å². The van der Waals surface area contributed by atoms with Crippen molar-refractivity contribution in [1.29, 1.82) is 0 Å². The largest absolute Gasteiger partial charge is 0.394 e. The highest BCUT2D eigenvalue weighted by molar-refractivity contribution is 4.99. The smallest absolute Gasteiger partial charge is 0.187 e. The standard InChI is InChI=1S/C14H24O9/c1-5-8(16)13-11(7(21-5)4-20-13)23-14-10(18)12(19-2)9(17)6(3-15)22-14/h5-18H,3-4H2,1-2H3/t5-,6-,7-,8-,9+,10-,11+,12+,13+,14-/m1/s1. The van der Waals surface area contributed by atoms with E-state index in [1.807, 2.05) is 0 Å². The van der Waals surface area contributed by atoms with Crippen LogP contribution in [0, 0.1) is 0 Å². The molecule has 0 aromatic rings. The van der Waals surface area contributed by atoms with Crippen LogP contribution in [0.5, 0.6) is 0 Å². The number of hydrogen-bond donors (Lipinski definition) is 4. The molecule has 4 N–H and O–H groups in total. The van der Waals surface area contributed by atoms with Gasteiger partial charge in [-0.3, -0.25) is 0 Å². The molecule has 9 nitrogen and oxygen atoms in total. The Morgan fingerprint density at radius 2 is 1.78 bits per heavy atom. The Kier molecular flexibility index (Phi) is 5.21. The van der Waals surface area contributed by atoms with Crippen LogP contribution in [0.15, 0.2) is 0 Å². The number of methoxy groups -OCH3 is 1. The Balaban J connectivity index is 1.72. The van der Waals surface area contributed by atoms with Crippen LogP contribution in [0.1, 0.15) is 6.92 Å². The summed E-state index contributed by atoms with van der Waals surface area (Å²) in [5.41, 5.74) is 0. The fourth-order valence-electron chi connectivity index (χ4n) is 3.40. The fourth-order valence-corrected chi connectivity index (χ4v) is 3.40. The van der Waals surface area contributed by atoms with Gasteiger partial charge in [-0.25, -0.2) is 0 Å². The molecule has 2 bridgehead atoms. The van der Waals surface area contributed by atoms with E-state index in [4.69, 9.17) is 23.7 Å². The van der Waals surface area contributed by atoms with Crippen molar-refractivity contribution in [3.8, 4) is 0 Å². The quantitative estimate of drug-likeness (QED) is 0.436. The number of aliphatic hydroxyl groups excluding tert-OH is 4. The number of rotatable bonds is 4. The number of aliphatic hydroxyl groups is 4. The van der Waals surface area contributed by atoms with Crippen LogP contribution in [0.4, 0.5) is 0 Å². The second-order valence-electron chi connectivity index (χ2n) is 6.18. The molecule has 3 aliphatic heterocycles. The monoisotopic (exact) mass is 336 g/mol. The van der Waals surface area contributed by atoms with Gasteiger partial charge in [0, 0.05) is 7.11 Å². The Morgan fingerprint density at radius 1 is 1.04 bits per heavy atom. The van der Waals surface area contributed by atoms with Crippen LogP contribution < -0.4 is 0 Å². The third-order valence-electron chi connectivity index (χ3n) is 4.74. The lowest BCUT2D eigenvalue weighted by molar-refractivity contribution is -0.330. The average molecular weight is 336 g/mol. The van der Waals surface area contributed by atoms with Gasteiger partial charge < -0.3 is 44.1 Å². The van der Waals surface area contributed by atoms with E-state index < -0.39 is 55.6 Å². The summed E-state index contributed by atoms with van der Waals surface area (Å²) in [6.45, 7) is 1.58. The van der Waals surface area contributed by atoms with E-state index in [1.54, 1.807) is 6.92 Å². The van der Waals surface area contributed by atoms with Crippen LogP contribution in [0.25, 0.3) is 0 Å². The first-order chi connectivity index (χ1) is 11.0. The highest BCUT2D eigenvalue weighted by Gasteiger charge is 2.53. The topological polar surface area (TPSA) is 127 Å². The maximum absolute atomic E-state index is 10.3. The van der Waals surface area contributed by atoms with Crippen LogP contribution >= 0.6 is 0 Å². The van der Waals surface area contributed by atoms with E-state index in [9.17, 15) is 20.4 Å². The third kappa shape index (κ3) is 3.01. The molecule has 3 heterocycles. The summed E-state index contributed by atoms with van der Waals surface area (Å²) < 4.78 is 27.5. The lowest BCUT2D eigenvalue weighted by Gasteiger charge is -2.44. The van der Waals surface area contributed by atoms with Crippen molar-refractivity contribution in [2.45, 2.75) is 68.1 Å². The summed E-state index contributed by atoms with van der Waals surface area (Å²) in [6, 6.07) is 0. The van der Waals surface area contributed by atoms with E-state index in [1.165, 1.54) is 7.11 Å². The minimum atomic E-state index is -1.26. The zero-order valence-corrected chi connectivity index (χ0v) is 13.0. The first-order valence-corrected chi connectivity index (χ1v) is 7.73. The molecule has 0 aliphatic carbocycles. The van der Waals surface area contributed by atoms with Gasteiger partial charge in [-0.05, 0) is 6.92 Å². The van der Waals surface area contributed by atoms with Crippen molar-refractivity contribution in [2.24, 2.45) is 0 Å². The summed E-state index contributed by atoms with van der Waals surface area (Å²) in [5, 5.41) is 39.7. The SMILES string of the molecule is CO[C@H]1[C@@H](O)[C@@H](CO)O[C@H](O[C@@H]2[C@H]3OC[C@H]2O[C@H](C)[C@H]3O)[C@@H]1O. The molecule has 0 saturated carbocycles. The van der Waals surface area contributed by atoms with Gasteiger partial charge >= 0.3 is 0 Å². The van der Waals surface area contributed by atoms with Gasteiger partial charge in [0.2, 0.25) is 0 Å². The Morgan fingerprint density at radius 3 is 2.43 bits per heavy atom. The summed E-state index contributed by atoms with van der Waals surface area (Å²) in [6.07, 6.45) is -8.28. The molecule has 10 atom stereocenters. The van der Waals surface area contributed by atoms with Crippen molar-refractivity contribution in [2.75, 3.05) is 20.3 Å². The zero-order chi connectivity index (χ0) is 16.7. The van der Waals surface area contributed by atoms with Crippen molar-refractivity contribution in [1.82, 2.24) is 0 Å². The van der Waals surface area contributed by atoms with Crippen LogP contribution in [-0.4, -0.2) is 102 Å². The molecular formula is C14H24O9. The molecule has 0 spiro atoms. The Hall–Kier alpha value is -0.360. The third-order valence-corrected chi connectivity index (χ3v) is 4.74. The average Bonchev–Trinajstić information content (AvgIpc) is 2.84. The van der Waals surface area contributed by atoms with Crippen LogP contribution in [0.3, 0.4) is 0 Å². The molecule has 3 aliphatic rings. The fraction of sp³-hybridized carbons (Fsp3) is 1.00. The number of fused-ring (bicyclic) bond motifs is 2. The lowest BCUT2D eigenvalue weighted by atomic mass is 9.97. The zero-order valence-electron chi connectivity index (χ0n) is 13.0. The lowest BCUT2D eigenvalue weighted by Crippen LogP contribution is -2.62. The number of ether oxygens (including phenoxy) is 5. The predicted octanol–water partition coefficient (Wildman–Crippen LogP) is -2.63. The maximum atomic E-state index is 10.3. The Bertz CT molecular complexity index is 408. The molecule has 3 rings (SSSR count). The molecule has 3 fully saturated rings.